The fourth-order valence-corrected chi connectivity index (χ4v) is 0.356. The Labute approximate surface area is 76.1 Å². The maximum Gasteiger partial charge on any atom is 0.250 e. The van der Waals surface area contributed by atoms with Crippen LogP contribution in [-0.2, 0) is 9.59 Å². The van der Waals surface area contributed by atoms with Crippen molar-refractivity contribution >= 4 is 11.8 Å². The molecule has 1 N–H and O–H groups in total. The van der Waals surface area contributed by atoms with Crippen LogP contribution in [0.3, 0.4) is 0 Å². The zero-order valence-electron chi connectivity index (χ0n) is 3.82. The predicted molar refractivity (Wildman–Crippen MR) is 22.3 cm³/mol. The van der Waals surface area contributed by atoms with Crippen LogP contribution in [-0.4, -0.2) is 11.8 Å². The summed E-state index contributed by atoms with van der Waals surface area (Å²) in [5.41, 5.74) is 0. The molecule has 8 heavy (non-hydrogen) atoms. The van der Waals surface area contributed by atoms with Gasteiger partial charge in [0.15, 0.2) is 0 Å². The number of carbonyl (C=O) groups excluding carboxylic acids is 2. The Bertz CT molecular complexity index is 136. The minimum Gasteiger partial charge on any atom is -0.289 e. The second kappa shape index (κ2) is 3.22. The van der Waals surface area contributed by atoms with Gasteiger partial charge in [-0.2, -0.15) is 0 Å². The van der Waals surface area contributed by atoms with Gasteiger partial charge in [-0.15, -0.1) is 0 Å². The summed E-state index contributed by atoms with van der Waals surface area (Å²) in [7, 11) is 0. The first kappa shape index (κ1) is 8.14. The SMILES string of the molecule is O=C1C=CC(=O)N1.[6Ar]. The summed E-state index contributed by atoms with van der Waals surface area (Å²) in [4.78, 5) is 20.1. The molecule has 0 aliphatic carbocycles. The third-order valence-corrected chi connectivity index (χ3v) is 0.632. The van der Waals surface area contributed by atoms with Crippen molar-refractivity contribution in [3.63, 3.8) is 0 Å². The molecule has 0 spiro atoms. The van der Waals surface area contributed by atoms with Gasteiger partial charge in [0.05, 0.1) is 0 Å². The van der Waals surface area contributed by atoms with E-state index in [-0.39, 0.29) is 49.6 Å². The first-order valence-electron chi connectivity index (χ1n) is 1.82. The zero-order chi connectivity index (χ0) is 5.28. The molecule has 0 saturated heterocycles. The average molecular weight is 103 g/mol. The Morgan fingerprint density at radius 2 is 1.50 bits per heavy atom. The van der Waals surface area contributed by atoms with E-state index in [1.165, 1.54) is 12.2 Å². The van der Waals surface area contributed by atoms with E-state index >= 15 is 0 Å². The standard InChI is InChI=1S/C4H3NO2.Ar/c6-3-1-2-4(7)5-3;/h1-2H,(H,5,6,7);/i;1-34. The van der Waals surface area contributed by atoms with Crippen molar-refractivity contribution in [3.8, 4) is 0 Å². The second-order valence-corrected chi connectivity index (χ2v) is 1.19. The number of nitrogens with one attached hydrogen (secondary N) is 1. The van der Waals surface area contributed by atoms with Crippen LogP contribution in [0.25, 0.3) is 0 Å². The molecule has 2 amide bonds. The van der Waals surface area contributed by atoms with Gasteiger partial charge in [-0.05, 0) is 0 Å². The third-order valence-electron chi connectivity index (χ3n) is 0.632. The van der Waals surface area contributed by atoms with Crippen LogP contribution in [0.15, 0.2) is 12.2 Å². The van der Waals surface area contributed by atoms with E-state index in [9.17, 15) is 9.59 Å². The molecule has 4 heteroatoms. The quantitative estimate of drug-likeness (QED) is 0.408. The number of amides is 2. The van der Waals surface area contributed by atoms with Crippen LogP contribution in [0.4, 0.5) is 0 Å². The number of imide groups is 1. The Morgan fingerprint density at radius 1 is 1.12 bits per heavy atom. The number of hydrogen-bond acceptors (Lipinski definition) is 2. The molecule has 0 radical (unpaired) electrons. The van der Waals surface area contributed by atoms with Crippen molar-refractivity contribution in [2.75, 3.05) is 0 Å². The topological polar surface area (TPSA) is 46.2 Å². The monoisotopic (exact) mass is 103 g/mol. The van der Waals surface area contributed by atoms with Gasteiger partial charge >= 0.3 is 0 Å². The molecule has 1 rings (SSSR count). The Balaban J connectivity index is 0.000000490. The maximum absolute atomic E-state index is 10.0. The molecule has 0 aromatic rings. The molecular formula is C4H3ArNO2. The smallest absolute Gasteiger partial charge is 0.250 e. The first-order chi connectivity index (χ1) is 3.29. The molecule has 3 nitrogen and oxygen atoms in total. The summed E-state index contributed by atoms with van der Waals surface area (Å²) >= 11 is 0. The van der Waals surface area contributed by atoms with Crippen LogP contribution in [0, 0.1) is 37.7 Å². The normalized spacial score (nSPS) is 15.5. The summed E-state index contributed by atoms with van der Waals surface area (Å²) in [6.45, 7) is 0. The van der Waals surface area contributed by atoms with Crippen molar-refractivity contribution in [2.24, 2.45) is 0 Å². The molecule has 0 unspecified atom stereocenters. The average Bonchev–Trinajstić information content (AvgIpc) is 1.87. The predicted octanol–water partition coefficient (Wildman–Crippen LogP) is -0.801. The number of rotatable bonds is 0. The summed E-state index contributed by atoms with van der Waals surface area (Å²) in [6.07, 6.45) is 2.39. The molecule has 1 aliphatic heterocycles. The van der Waals surface area contributed by atoms with Gasteiger partial charge in [-0.1, -0.05) is 0 Å². The van der Waals surface area contributed by atoms with E-state index in [4.69, 9.17) is 0 Å². The van der Waals surface area contributed by atoms with Gasteiger partial charge < -0.3 is 0 Å². The van der Waals surface area contributed by atoms with Crippen LogP contribution >= 0.6 is 0 Å². The zero-order valence-corrected chi connectivity index (χ0v) is 4.53. The third kappa shape index (κ3) is 1.94. The van der Waals surface area contributed by atoms with E-state index in [1.54, 1.807) is 0 Å². The van der Waals surface area contributed by atoms with Crippen molar-refractivity contribution < 1.29 is 47.3 Å². The molecule has 44 valence electrons. The summed E-state index contributed by atoms with van der Waals surface area (Å²) in [5, 5.41) is 2.03. The summed E-state index contributed by atoms with van der Waals surface area (Å²) in [6, 6.07) is 0. The van der Waals surface area contributed by atoms with Crippen LogP contribution < -0.4 is 5.32 Å². The number of carbonyl (C=O) groups is 2. The molecule has 1 aliphatic rings. The van der Waals surface area contributed by atoms with Gasteiger partial charge in [-0.25, -0.2) is 0 Å². The van der Waals surface area contributed by atoms with Gasteiger partial charge in [0.1, 0.15) is 0 Å². The Hall–Kier alpha value is 0.140. The first-order valence-corrected chi connectivity index (χ1v) is 1.82. The Kier molecular flexibility index (Phi) is 3.28. The minimum absolute atomic E-state index is 0. The van der Waals surface area contributed by atoms with Crippen molar-refractivity contribution in [3.05, 3.63) is 12.2 Å². The van der Waals surface area contributed by atoms with E-state index in [0.29, 0.717) is 0 Å². The van der Waals surface area contributed by atoms with Crippen molar-refractivity contribution in [1.82, 2.24) is 5.32 Å². The minimum atomic E-state index is -0.329. The molecular weight excluding hydrogens is 100 g/mol. The fraction of sp³-hybridized carbons (Fsp3) is 0. The fourth-order valence-electron chi connectivity index (χ4n) is 0.356. The second-order valence-electron chi connectivity index (χ2n) is 1.19. The molecule has 0 saturated carbocycles. The number of hydrogen-bond donors (Lipinski definition) is 1. The Morgan fingerprint density at radius 3 is 1.62 bits per heavy atom. The van der Waals surface area contributed by atoms with Gasteiger partial charge in [-0.3, -0.25) is 14.9 Å². The maximum atomic E-state index is 10.0. The van der Waals surface area contributed by atoms with E-state index < -0.39 is 0 Å². The molecule has 0 atom stereocenters. The molecule has 0 aromatic heterocycles. The van der Waals surface area contributed by atoms with Gasteiger partial charge in [0.25, 0.3) is 11.8 Å². The van der Waals surface area contributed by atoms with E-state index in [2.05, 4.69) is 0 Å². The van der Waals surface area contributed by atoms with E-state index in [0.717, 1.165) is 0 Å². The van der Waals surface area contributed by atoms with Gasteiger partial charge in [0, 0.05) is 49.9 Å². The van der Waals surface area contributed by atoms with Gasteiger partial charge in [0.2, 0.25) is 0 Å². The summed E-state index contributed by atoms with van der Waals surface area (Å²) < 4.78 is 0. The van der Waals surface area contributed by atoms with Crippen LogP contribution in [0.2, 0.25) is 0 Å². The molecule has 1 heterocycles. The largest absolute Gasteiger partial charge is 0.289 e. The molecule has 0 aromatic carbocycles. The van der Waals surface area contributed by atoms with Crippen LogP contribution in [0.1, 0.15) is 0 Å². The van der Waals surface area contributed by atoms with E-state index in [1.807, 2.05) is 5.32 Å². The summed E-state index contributed by atoms with van der Waals surface area (Å²) in [5.74, 6) is -0.657. The molecule has 0 bridgehead atoms. The molecule has 0 fully saturated rings. The van der Waals surface area contributed by atoms with Crippen molar-refractivity contribution in [1.29, 1.82) is 0 Å². The van der Waals surface area contributed by atoms with Crippen molar-refractivity contribution in [2.45, 2.75) is 0 Å². The van der Waals surface area contributed by atoms with Crippen LogP contribution in [0.5, 0.6) is 0 Å².